The minimum absolute atomic E-state index is 0.0518. The molecular weight excluding hydrogens is 428 g/mol. The van der Waals surface area contributed by atoms with Gasteiger partial charge in [0.1, 0.15) is 5.82 Å². The number of nitrogens with one attached hydrogen (secondary N) is 3. The van der Waals surface area contributed by atoms with Crippen LogP contribution in [0.5, 0.6) is 0 Å². The van der Waals surface area contributed by atoms with Gasteiger partial charge < -0.3 is 15.6 Å². The number of halogens is 4. The molecule has 2 aromatic carbocycles. The zero-order valence-corrected chi connectivity index (χ0v) is 16.4. The van der Waals surface area contributed by atoms with Crippen molar-refractivity contribution in [2.45, 2.75) is 31.1 Å². The van der Waals surface area contributed by atoms with Gasteiger partial charge in [-0.1, -0.05) is 24.0 Å². The lowest BCUT2D eigenvalue weighted by molar-refractivity contribution is -0.178. The van der Waals surface area contributed by atoms with Gasteiger partial charge in [-0.2, -0.15) is 13.2 Å². The lowest BCUT2D eigenvalue weighted by Gasteiger charge is -2.37. The number of rotatable bonds is 2. The number of aromatic nitrogens is 2. The maximum absolute atomic E-state index is 15.1. The number of hydrogen-bond donors (Lipinski definition) is 3. The van der Waals surface area contributed by atoms with E-state index < -0.39 is 34.8 Å². The van der Waals surface area contributed by atoms with Crippen LogP contribution in [0.4, 0.5) is 28.0 Å². The molecular formula is C22H16F4N4O2. The van der Waals surface area contributed by atoms with Crippen LogP contribution in [0.1, 0.15) is 24.0 Å². The van der Waals surface area contributed by atoms with Crippen LogP contribution in [0.25, 0.3) is 11.0 Å². The van der Waals surface area contributed by atoms with Gasteiger partial charge in [-0.05, 0) is 37.1 Å². The number of nitrogens with zero attached hydrogens (tertiary/aromatic N) is 1. The lowest BCUT2D eigenvalue weighted by atomic mass is 9.85. The molecule has 3 N–H and O–H groups in total. The van der Waals surface area contributed by atoms with E-state index >= 15 is 4.39 Å². The molecule has 32 heavy (non-hydrogen) atoms. The number of carbonyl (C=O) groups is 1. The van der Waals surface area contributed by atoms with E-state index in [0.717, 1.165) is 12.1 Å². The molecule has 10 heteroatoms. The van der Waals surface area contributed by atoms with Crippen molar-refractivity contribution in [1.29, 1.82) is 0 Å². The summed E-state index contributed by atoms with van der Waals surface area (Å²) in [6.07, 6.45) is -3.61. The lowest BCUT2D eigenvalue weighted by Crippen LogP contribution is -2.59. The molecule has 0 spiro atoms. The molecule has 6 nitrogen and oxygen atoms in total. The maximum atomic E-state index is 15.1. The van der Waals surface area contributed by atoms with E-state index in [1.807, 2.05) is 5.32 Å². The van der Waals surface area contributed by atoms with Crippen molar-refractivity contribution in [2.24, 2.45) is 5.92 Å². The molecule has 1 aliphatic carbocycles. The summed E-state index contributed by atoms with van der Waals surface area (Å²) >= 11 is 0. The molecule has 0 saturated heterocycles. The van der Waals surface area contributed by atoms with E-state index in [0.29, 0.717) is 23.9 Å². The Morgan fingerprint density at radius 3 is 2.62 bits per heavy atom. The van der Waals surface area contributed by atoms with Crippen molar-refractivity contribution in [3.63, 3.8) is 0 Å². The highest BCUT2D eigenvalue weighted by molar-refractivity contribution is 5.95. The van der Waals surface area contributed by atoms with Crippen molar-refractivity contribution in [3.8, 4) is 11.8 Å². The highest BCUT2D eigenvalue weighted by Gasteiger charge is 2.59. The molecule has 3 aromatic rings. The number of aromatic amines is 1. The van der Waals surface area contributed by atoms with Crippen LogP contribution in [0, 0.1) is 23.6 Å². The second kappa shape index (κ2) is 6.88. The molecule has 2 amide bonds. The molecule has 0 bridgehead atoms. The van der Waals surface area contributed by atoms with Gasteiger partial charge >= 0.3 is 17.9 Å². The summed E-state index contributed by atoms with van der Waals surface area (Å²) in [7, 11) is 0. The van der Waals surface area contributed by atoms with Crippen molar-refractivity contribution in [2.75, 3.05) is 5.32 Å². The average molecular weight is 444 g/mol. The largest absolute Gasteiger partial charge is 0.427 e. The Kier molecular flexibility index (Phi) is 4.34. The van der Waals surface area contributed by atoms with Crippen LogP contribution in [-0.2, 0) is 12.1 Å². The van der Waals surface area contributed by atoms with Crippen molar-refractivity contribution >= 4 is 22.8 Å². The second-order valence-corrected chi connectivity index (χ2v) is 7.89. The van der Waals surface area contributed by atoms with Gasteiger partial charge in [0.05, 0.1) is 17.6 Å². The standard InChI is InChI=1S/C22H16F4N4O2/c23-15-10-14-17(9-13(15)11-30-18-4-2-1-3-16(18)28-20(30)32)27-19(31)29-21(14,22(24,25)26)8-7-12-5-6-12/h1-4,9-10,12H,5-6,11H2,(H,28,32)(H2,27,29,31)/t21-/m0/s1. The molecule has 1 aliphatic heterocycles. The van der Waals surface area contributed by atoms with Crippen LogP contribution in [0.3, 0.4) is 0 Å². The fourth-order valence-electron chi connectivity index (χ4n) is 3.81. The van der Waals surface area contributed by atoms with Gasteiger partial charge in [-0.3, -0.25) is 4.57 Å². The summed E-state index contributed by atoms with van der Waals surface area (Å²) in [5.74, 6) is 3.62. The van der Waals surface area contributed by atoms with Crippen LogP contribution in [0.15, 0.2) is 41.2 Å². The minimum Gasteiger partial charge on any atom is -0.310 e. The number of urea groups is 1. The average Bonchev–Trinajstić information content (AvgIpc) is 3.50. The Labute approximate surface area is 178 Å². The van der Waals surface area contributed by atoms with Crippen molar-refractivity contribution in [1.82, 2.24) is 14.9 Å². The van der Waals surface area contributed by atoms with E-state index in [-0.39, 0.29) is 23.7 Å². The molecule has 0 radical (unpaired) electrons. The number of amides is 2. The minimum atomic E-state index is -4.98. The molecule has 5 rings (SSSR count). The Morgan fingerprint density at radius 1 is 1.16 bits per heavy atom. The van der Waals surface area contributed by atoms with Gasteiger partial charge in [-0.25, -0.2) is 14.0 Å². The quantitative estimate of drug-likeness (QED) is 0.415. The summed E-state index contributed by atoms with van der Waals surface area (Å²) in [4.78, 5) is 27.1. The number of fused-ring (bicyclic) bond motifs is 2. The molecule has 1 atom stereocenters. The number of hydrogen-bond acceptors (Lipinski definition) is 2. The summed E-state index contributed by atoms with van der Waals surface area (Å²) in [6, 6.07) is 7.53. The van der Waals surface area contributed by atoms with E-state index in [9.17, 15) is 22.8 Å². The number of H-pyrrole nitrogens is 1. The number of anilines is 1. The van der Waals surface area contributed by atoms with Gasteiger partial charge in [0.15, 0.2) is 0 Å². The predicted molar refractivity (Wildman–Crippen MR) is 108 cm³/mol. The summed E-state index contributed by atoms with van der Waals surface area (Å²) in [5.41, 5.74) is -3.24. The number of imidazole rings is 1. The zero-order valence-electron chi connectivity index (χ0n) is 16.4. The maximum Gasteiger partial charge on any atom is 0.427 e. The Morgan fingerprint density at radius 2 is 1.91 bits per heavy atom. The van der Waals surface area contributed by atoms with Crippen LogP contribution in [-0.4, -0.2) is 21.8 Å². The second-order valence-electron chi connectivity index (χ2n) is 7.89. The zero-order chi connectivity index (χ0) is 22.7. The van der Waals surface area contributed by atoms with Gasteiger partial charge in [0, 0.05) is 22.7 Å². The molecule has 1 aromatic heterocycles. The van der Waals surface area contributed by atoms with Crippen molar-refractivity contribution < 1.29 is 22.4 Å². The Balaban J connectivity index is 1.64. The first-order valence-corrected chi connectivity index (χ1v) is 9.87. The van der Waals surface area contributed by atoms with Gasteiger partial charge in [0.25, 0.3) is 0 Å². The monoisotopic (exact) mass is 444 g/mol. The fraction of sp³-hybridized carbons (Fsp3) is 0.273. The molecule has 2 aliphatic rings. The molecule has 1 saturated carbocycles. The Hall–Kier alpha value is -3.74. The number of benzene rings is 2. The Bertz CT molecular complexity index is 1370. The fourth-order valence-corrected chi connectivity index (χ4v) is 3.81. The SMILES string of the molecule is O=C1Nc2cc(Cn3c(=O)[nH]c4ccccc43)c(F)cc2[C@@](C#CC2CC2)(C(F)(F)F)N1. The first kappa shape index (κ1) is 20.2. The number of carbonyl (C=O) groups excluding carboxylic acids is 1. The van der Waals surface area contributed by atoms with Crippen LogP contribution < -0.4 is 16.3 Å². The van der Waals surface area contributed by atoms with E-state index in [1.165, 1.54) is 4.57 Å². The third kappa shape index (κ3) is 3.21. The third-order valence-corrected chi connectivity index (χ3v) is 5.62. The summed E-state index contributed by atoms with van der Waals surface area (Å²) < 4.78 is 58.8. The number of para-hydroxylation sites is 2. The van der Waals surface area contributed by atoms with Gasteiger partial charge in [0.2, 0.25) is 5.54 Å². The normalized spacial score (nSPS) is 20.2. The van der Waals surface area contributed by atoms with Gasteiger partial charge in [-0.15, -0.1) is 0 Å². The number of alkyl halides is 3. The van der Waals surface area contributed by atoms with E-state index in [4.69, 9.17) is 0 Å². The first-order chi connectivity index (χ1) is 15.2. The molecule has 164 valence electrons. The predicted octanol–water partition coefficient (Wildman–Crippen LogP) is 3.82. The van der Waals surface area contributed by atoms with E-state index in [1.54, 1.807) is 24.3 Å². The first-order valence-electron chi connectivity index (χ1n) is 9.87. The topological polar surface area (TPSA) is 78.9 Å². The molecule has 2 heterocycles. The van der Waals surface area contributed by atoms with Crippen LogP contribution in [0.2, 0.25) is 0 Å². The summed E-state index contributed by atoms with van der Waals surface area (Å²) in [5, 5.41) is 4.17. The smallest absolute Gasteiger partial charge is 0.310 e. The highest BCUT2D eigenvalue weighted by Crippen LogP contribution is 2.45. The summed E-state index contributed by atoms with van der Waals surface area (Å²) in [6.45, 7) is -0.238. The van der Waals surface area contributed by atoms with Crippen molar-refractivity contribution in [3.05, 3.63) is 63.8 Å². The van der Waals surface area contributed by atoms with Crippen LogP contribution >= 0.6 is 0 Å². The highest BCUT2D eigenvalue weighted by atomic mass is 19.4. The molecule has 1 fully saturated rings. The molecule has 0 unspecified atom stereocenters. The van der Waals surface area contributed by atoms with E-state index in [2.05, 4.69) is 22.1 Å². The third-order valence-electron chi connectivity index (χ3n) is 5.62.